The molecule has 5 heteroatoms. The molecule has 5 nitrogen and oxygen atoms in total. The molecule has 1 amide bonds. The Kier molecular flexibility index (Phi) is 6.40. The minimum atomic E-state index is -0.582. The van der Waals surface area contributed by atoms with Crippen LogP contribution in [0.2, 0.25) is 0 Å². The summed E-state index contributed by atoms with van der Waals surface area (Å²) in [6.07, 6.45) is 2.96. The summed E-state index contributed by atoms with van der Waals surface area (Å²) in [6.45, 7) is 1.04. The highest BCUT2D eigenvalue weighted by molar-refractivity contribution is 5.85. The highest BCUT2D eigenvalue weighted by atomic mass is 16.5. The number of carbonyl (C=O) groups is 2. The van der Waals surface area contributed by atoms with E-state index in [0.29, 0.717) is 26.1 Å². The van der Waals surface area contributed by atoms with Crippen LogP contribution < -0.4 is 5.32 Å². The molecule has 2 atom stereocenters. The van der Waals surface area contributed by atoms with E-state index >= 15 is 0 Å². The zero-order valence-electron chi connectivity index (χ0n) is 12.9. The molecule has 1 fully saturated rings. The smallest absolute Gasteiger partial charge is 0.328 e. The maximum absolute atomic E-state index is 12.1. The van der Waals surface area contributed by atoms with Gasteiger partial charge in [0.2, 0.25) is 5.91 Å². The first-order chi connectivity index (χ1) is 10.7. The molecule has 0 aromatic heterocycles. The third kappa shape index (κ3) is 4.84. The van der Waals surface area contributed by atoms with Gasteiger partial charge in [0, 0.05) is 6.61 Å². The number of hydrogen-bond acceptors (Lipinski definition) is 4. The van der Waals surface area contributed by atoms with Gasteiger partial charge in [-0.15, -0.1) is 0 Å². The lowest BCUT2D eigenvalue weighted by molar-refractivity contribution is -0.145. The number of nitrogens with one attached hydrogen (secondary N) is 1. The van der Waals surface area contributed by atoms with Crippen molar-refractivity contribution in [3.8, 4) is 0 Å². The van der Waals surface area contributed by atoms with Crippen molar-refractivity contribution in [1.29, 1.82) is 0 Å². The van der Waals surface area contributed by atoms with Crippen LogP contribution in [0.15, 0.2) is 30.3 Å². The van der Waals surface area contributed by atoms with E-state index in [0.717, 1.165) is 12.8 Å². The van der Waals surface area contributed by atoms with Gasteiger partial charge >= 0.3 is 5.97 Å². The first-order valence-corrected chi connectivity index (χ1v) is 7.70. The molecule has 2 rings (SSSR count). The van der Waals surface area contributed by atoms with Gasteiger partial charge in [-0.3, -0.25) is 4.79 Å². The second-order valence-corrected chi connectivity index (χ2v) is 5.52. The lowest BCUT2D eigenvalue weighted by atomic mass is 10.0. The van der Waals surface area contributed by atoms with Crippen LogP contribution in [-0.2, 0) is 25.5 Å². The van der Waals surface area contributed by atoms with E-state index in [-0.39, 0.29) is 17.8 Å². The average Bonchev–Trinajstić information content (AvgIpc) is 3.08. The predicted molar refractivity (Wildman–Crippen MR) is 82.3 cm³/mol. The van der Waals surface area contributed by atoms with Crippen LogP contribution in [0.5, 0.6) is 0 Å². The minimum absolute atomic E-state index is 0.118. The van der Waals surface area contributed by atoms with Crippen LogP contribution in [0.25, 0.3) is 0 Å². The van der Waals surface area contributed by atoms with Crippen molar-refractivity contribution in [3.63, 3.8) is 0 Å². The number of carbonyl (C=O) groups excluding carboxylic acids is 2. The van der Waals surface area contributed by atoms with Gasteiger partial charge in [0.05, 0.1) is 19.6 Å². The van der Waals surface area contributed by atoms with Crippen LogP contribution in [0.1, 0.15) is 24.8 Å². The molecule has 1 saturated heterocycles. The molecule has 0 aliphatic carbocycles. The van der Waals surface area contributed by atoms with Gasteiger partial charge in [0.1, 0.15) is 6.04 Å². The quantitative estimate of drug-likeness (QED) is 0.779. The van der Waals surface area contributed by atoms with Crippen LogP contribution in [-0.4, -0.2) is 38.2 Å². The van der Waals surface area contributed by atoms with E-state index in [1.807, 2.05) is 18.2 Å². The number of methoxy groups -OCH3 is 1. The fourth-order valence-electron chi connectivity index (χ4n) is 2.58. The Balaban J connectivity index is 1.83. The third-order valence-electron chi connectivity index (χ3n) is 3.90. The molecule has 1 heterocycles. The first kappa shape index (κ1) is 16.5. The molecule has 1 aliphatic heterocycles. The maximum atomic E-state index is 12.1. The standard InChI is InChI=1S/C17H23NO4/c1-21-17(20)15(18-16(19)14-10-11-22-12-14)9-5-8-13-6-3-2-4-7-13/h2-4,6-7,14-15H,5,8-12H2,1H3,(H,18,19)/t14-,15-/m1/s1. The Morgan fingerprint density at radius 1 is 1.36 bits per heavy atom. The van der Waals surface area contributed by atoms with E-state index in [9.17, 15) is 9.59 Å². The number of aryl methyl sites for hydroxylation is 1. The molecule has 0 spiro atoms. The van der Waals surface area contributed by atoms with Gasteiger partial charge in [0.25, 0.3) is 0 Å². The first-order valence-electron chi connectivity index (χ1n) is 7.70. The van der Waals surface area contributed by atoms with Crippen molar-refractivity contribution >= 4 is 11.9 Å². The highest BCUT2D eigenvalue weighted by Crippen LogP contribution is 2.14. The summed E-state index contributed by atoms with van der Waals surface area (Å²) < 4.78 is 10.0. The fourth-order valence-corrected chi connectivity index (χ4v) is 2.58. The summed E-state index contributed by atoms with van der Waals surface area (Å²) in [5.74, 6) is -0.658. The van der Waals surface area contributed by atoms with Crippen molar-refractivity contribution in [1.82, 2.24) is 5.32 Å². The van der Waals surface area contributed by atoms with Crippen molar-refractivity contribution in [2.75, 3.05) is 20.3 Å². The number of rotatable bonds is 7. The molecule has 0 saturated carbocycles. The van der Waals surface area contributed by atoms with Crippen molar-refractivity contribution in [2.45, 2.75) is 31.7 Å². The molecule has 1 aromatic carbocycles. The monoisotopic (exact) mass is 305 g/mol. The van der Waals surface area contributed by atoms with Crippen molar-refractivity contribution in [2.24, 2.45) is 5.92 Å². The summed E-state index contributed by atoms with van der Waals surface area (Å²) in [5.41, 5.74) is 1.22. The zero-order chi connectivity index (χ0) is 15.8. The van der Waals surface area contributed by atoms with Crippen LogP contribution in [0.3, 0.4) is 0 Å². The second kappa shape index (κ2) is 8.54. The summed E-state index contributed by atoms with van der Waals surface area (Å²) in [6, 6.07) is 9.50. The largest absolute Gasteiger partial charge is 0.467 e. The van der Waals surface area contributed by atoms with Crippen molar-refractivity contribution in [3.05, 3.63) is 35.9 Å². The maximum Gasteiger partial charge on any atom is 0.328 e. The lowest BCUT2D eigenvalue weighted by Crippen LogP contribution is -2.44. The van der Waals surface area contributed by atoms with Crippen molar-refractivity contribution < 1.29 is 19.1 Å². The molecule has 0 radical (unpaired) electrons. The molecule has 1 N–H and O–H groups in total. The molecule has 1 aromatic rings. The number of benzene rings is 1. The summed E-state index contributed by atoms with van der Waals surface area (Å²) in [4.78, 5) is 23.9. The number of hydrogen-bond donors (Lipinski definition) is 1. The zero-order valence-corrected chi connectivity index (χ0v) is 12.9. The molecule has 0 bridgehead atoms. The predicted octanol–water partition coefficient (Wildman–Crippen LogP) is 1.70. The van der Waals surface area contributed by atoms with Gasteiger partial charge in [-0.25, -0.2) is 4.79 Å². The lowest BCUT2D eigenvalue weighted by Gasteiger charge is -2.18. The second-order valence-electron chi connectivity index (χ2n) is 5.52. The number of ether oxygens (including phenoxy) is 2. The Morgan fingerprint density at radius 2 is 2.14 bits per heavy atom. The van der Waals surface area contributed by atoms with Gasteiger partial charge in [-0.1, -0.05) is 30.3 Å². The van der Waals surface area contributed by atoms with Gasteiger partial charge in [-0.2, -0.15) is 0 Å². The Bertz CT molecular complexity index is 483. The molecular formula is C17H23NO4. The van der Waals surface area contributed by atoms with Gasteiger partial charge < -0.3 is 14.8 Å². The number of amides is 1. The van der Waals surface area contributed by atoms with Gasteiger partial charge in [0.15, 0.2) is 0 Å². The van der Waals surface area contributed by atoms with Crippen LogP contribution in [0, 0.1) is 5.92 Å². The fraction of sp³-hybridized carbons (Fsp3) is 0.529. The molecule has 1 aliphatic rings. The topological polar surface area (TPSA) is 64.6 Å². The van der Waals surface area contributed by atoms with Gasteiger partial charge in [-0.05, 0) is 31.2 Å². The Hall–Kier alpha value is -1.88. The van der Waals surface area contributed by atoms with E-state index < -0.39 is 6.04 Å². The van der Waals surface area contributed by atoms with Crippen LogP contribution >= 0.6 is 0 Å². The normalized spacial score (nSPS) is 18.7. The molecule has 120 valence electrons. The third-order valence-corrected chi connectivity index (χ3v) is 3.90. The molecule has 0 unspecified atom stereocenters. The Morgan fingerprint density at radius 3 is 2.77 bits per heavy atom. The summed E-state index contributed by atoms with van der Waals surface area (Å²) >= 11 is 0. The highest BCUT2D eigenvalue weighted by Gasteiger charge is 2.28. The van der Waals surface area contributed by atoms with E-state index in [2.05, 4.69) is 17.4 Å². The Labute approximate surface area is 131 Å². The van der Waals surface area contributed by atoms with E-state index in [1.54, 1.807) is 0 Å². The number of esters is 1. The summed E-state index contributed by atoms with van der Waals surface area (Å²) in [7, 11) is 1.34. The van der Waals surface area contributed by atoms with E-state index in [4.69, 9.17) is 9.47 Å². The molecule has 22 heavy (non-hydrogen) atoms. The summed E-state index contributed by atoms with van der Waals surface area (Å²) in [5, 5.41) is 2.80. The molecular weight excluding hydrogens is 282 g/mol. The average molecular weight is 305 g/mol. The van der Waals surface area contributed by atoms with Crippen LogP contribution in [0.4, 0.5) is 0 Å². The SMILES string of the molecule is COC(=O)[C@@H](CCCc1ccccc1)NC(=O)[C@@H]1CCOC1. The van der Waals surface area contributed by atoms with E-state index in [1.165, 1.54) is 12.7 Å². The minimum Gasteiger partial charge on any atom is -0.467 e.